The van der Waals surface area contributed by atoms with Crippen molar-refractivity contribution in [1.82, 2.24) is 9.97 Å². The number of halogens is 1. The zero-order chi connectivity index (χ0) is 11.5. The Hall–Kier alpha value is -1.60. The molecule has 16 heavy (non-hydrogen) atoms. The summed E-state index contributed by atoms with van der Waals surface area (Å²) in [6, 6.07) is 3.86. The number of anilines is 1. The molecule has 0 amide bonds. The molecule has 2 rings (SSSR count). The third-order valence-electron chi connectivity index (χ3n) is 2.26. The van der Waals surface area contributed by atoms with Crippen molar-refractivity contribution >= 4 is 32.7 Å². The third kappa shape index (κ3) is 2.00. The lowest BCUT2D eigenvalue weighted by Crippen LogP contribution is -2.17. The van der Waals surface area contributed by atoms with Gasteiger partial charge in [-0.1, -0.05) is 5.92 Å². The van der Waals surface area contributed by atoms with E-state index in [0.717, 1.165) is 21.2 Å². The lowest BCUT2D eigenvalue weighted by Gasteiger charge is -2.17. The van der Waals surface area contributed by atoms with Gasteiger partial charge in [0.1, 0.15) is 5.52 Å². The molecule has 0 aliphatic carbocycles. The minimum Gasteiger partial charge on any atom is -0.362 e. The number of hydrogen-bond acceptors (Lipinski definition) is 3. The molecule has 0 bridgehead atoms. The van der Waals surface area contributed by atoms with Crippen LogP contribution in [0, 0.1) is 12.3 Å². The molecule has 0 aliphatic rings. The molecule has 0 N–H and O–H groups in total. The highest BCUT2D eigenvalue weighted by atomic mass is 79.9. The zero-order valence-corrected chi connectivity index (χ0v) is 10.4. The minimum atomic E-state index is 0.552. The predicted octanol–water partition coefficient (Wildman–Crippen LogP) is 2.46. The quantitative estimate of drug-likeness (QED) is 0.789. The fourth-order valence-corrected chi connectivity index (χ4v) is 1.84. The van der Waals surface area contributed by atoms with Crippen molar-refractivity contribution in [2.45, 2.75) is 0 Å². The number of fused-ring (bicyclic) bond motifs is 1. The lowest BCUT2D eigenvalue weighted by molar-refractivity contribution is 1.05. The van der Waals surface area contributed by atoms with E-state index in [2.05, 4.69) is 31.8 Å². The Morgan fingerprint density at radius 2 is 2.31 bits per heavy atom. The summed E-state index contributed by atoms with van der Waals surface area (Å²) in [7, 11) is 1.94. The highest BCUT2D eigenvalue weighted by Gasteiger charge is 2.07. The van der Waals surface area contributed by atoms with Gasteiger partial charge >= 0.3 is 0 Å². The number of pyridine rings is 2. The summed E-state index contributed by atoms with van der Waals surface area (Å²) in [6.07, 6.45) is 8.82. The molecule has 0 spiro atoms. The first-order valence-electron chi connectivity index (χ1n) is 4.77. The summed E-state index contributed by atoms with van der Waals surface area (Å²) < 4.78 is 0.921. The largest absolute Gasteiger partial charge is 0.362 e. The standard InChI is InChI=1S/C12H10BrN3/c1-3-6-16(2)11-4-5-14-10-7-9(13)8-15-12(10)11/h1,4-5,7-8H,6H2,2H3. The average Bonchev–Trinajstić information content (AvgIpc) is 2.28. The van der Waals surface area contributed by atoms with Crippen LogP contribution in [-0.4, -0.2) is 23.6 Å². The summed E-state index contributed by atoms with van der Waals surface area (Å²) in [6.45, 7) is 0.552. The molecule has 4 heteroatoms. The maximum absolute atomic E-state index is 5.30. The molecule has 0 radical (unpaired) electrons. The topological polar surface area (TPSA) is 29.0 Å². The highest BCUT2D eigenvalue weighted by Crippen LogP contribution is 2.24. The molecule has 0 atom stereocenters. The van der Waals surface area contributed by atoms with Crippen LogP contribution in [0.5, 0.6) is 0 Å². The van der Waals surface area contributed by atoms with Crippen LogP contribution in [0.3, 0.4) is 0 Å². The van der Waals surface area contributed by atoms with Crippen molar-refractivity contribution in [3.05, 3.63) is 29.0 Å². The van der Waals surface area contributed by atoms with Crippen molar-refractivity contribution in [2.75, 3.05) is 18.5 Å². The van der Waals surface area contributed by atoms with Crippen LogP contribution in [0.1, 0.15) is 0 Å². The molecule has 2 heterocycles. The first kappa shape index (κ1) is 10.9. The van der Waals surface area contributed by atoms with E-state index in [4.69, 9.17) is 6.42 Å². The van der Waals surface area contributed by atoms with Gasteiger partial charge in [-0.3, -0.25) is 9.97 Å². The van der Waals surface area contributed by atoms with Gasteiger partial charge in [-0.15, -0.1) is 6.42 Å². The van der Waals surface area contributed by atoms with Crippen LogP contribution in [0.4, 0.5) is 5.69 Å². The maximum atomic E-state index is 5.30. The Bertz CT molecular complexity index is 560. The van der Waals surface area contributed by atoms with Crippen LogP contribution in [0.25, 0.3) is 11.0 Å². The highest BCUT2D eigenvalue weighted by molar-refractivity contribution is 9.10. The third-order valence-corrected chi connectivity index (χ3v) is 2.70. The van der Waals surface area contributed by atoms with Crippen LogP contribution in [0.15, 0.2) is 29.0 Å². The summed E-state index contributed by atoms with van der Waals surface area (Å²) in [5.74, 6) is 2.61. The van der Waals surface area contributed by atoms with Gasteiger partial charge in [0.05, 0.1) is 17.7 Å². The van der Waals surface area contributed by atoms with Crippen molar-refractivity contribution in [2.24, 2.45) is 0 Å². The molecule has 0 aromatic carbocycles. The van der Waals surface area contributed by atoms with Gasteiger partial charge in [-0.2, -0.15) is 0 Å². The first-order chi connectivity index (χ1) is 7.72. The number of aromatic nitrogens is 2. The average molecular weight is 276 g/mol. The van der Waals surface area contributed by atoms with E-state index in [1.165, 1.54) is 0 Å². The fraction of sp³-hybridized carbons (Fsp3) is 0.167. The van der Waals surface area contributed by atoms with Gasteiger partial charge < -0.3 is 4.90 Å². The Labute approximate surface area is 103 Å². The molecule has 0 unspecified atom stereocenters. The second-order valence-corrected chi connectivity index (χ2v) is 4.33. The predicted molar refractivity (Wildman–Crippen MR) is 69.3 cm³/mol. The van der Waals surface area contributed by atoms with Gasteiger partial charge in [0, 0.05) is 23.9 Å². The van der Waals surface area contributed by atoms with Gasteiger partial charge in [-0.05, 0) is 28.1 Å². The molecule has 80 valence electrons. The van der Waals surface area contributed by atoms with Crippen molar-refractivity contribution in [3.63, 3.8) is 0 Å². The van der Waals surface area contributed by atoms with Gasteiger partial charge in [-0.25, -0.2) is 0 Å². The monoisotopic (exact) mass is 275 g/mol. The van der Waals surface area contributed by atoms with Crippen molar-refractivity contribution in [3.8, 4) is 12.3 Å². The van der Waals surface area contributed by atoms with E-state index in [0.29, 0.717) is 6.54 Å². The fourth-order valence-electron chi connectivity index (χ4n) is 1.52. The molecule has 0 saturated carbocycles. The molecular weight excluding hydrogens is 266 g/mol. The van der Waals surface area contributed by atoms with E-state index < -0.39 is 0 Å². The number of hydrogen-bond donors (Lipinski definition) is 0. The van der Waals surface area contributed by atoms with E-state index >= 15 is 0 Å². The molecule has 2 aromatic heterocycles. The second-order valence-electron chi connectivity index (χ2n) is 3.41. The van der Waals surface area contributed by atoms with Gasteiger partial charge in [0.25, 0.3) is 0 Å². The van der Waals surface area contributed by atoms with Crippen LogP contribution >= 0.6 is 15.9 Å². The molecular formula is C12H10BrN3. The maximum Gasteiger partial charge on any atom is 0.112 e. The lowest BCUT2D eigenvalue weighted by atomic mass is 10.2. The van der Waals surface area contributed by atoms with E-state index in [-0.39, 0.29) is 0 Å². The summed E-state index contributed by atoms with van der Waals surface area (Å²) >= 11 is 3.38. The second kappa shape index (κ2) is 4.50. The smallest absolute Gasteiger partial charge is 0.112 e. The van der Waals surface area contributed by atoms with Gasteiger partial charge in [0.15, 0.2) is 0 Å². The summed E-state index contributed by atoms with van der Waals surface area (Å²) in [4.78, 5) is 10.6. The van der Waals surface area contributed by atoms with Crippen LogP contribution in [0.2, 0.25) is 0 Å². The summed E-state index contributed by atoms with van der Waals surface area (Å²) in [5, 5.41) is 0. The first-order valence-corrected chi connectivity index (χ1v) is 5.56. The Balaban J connectivity index is 2.58. The van der Waals surface area contributed by atoms with E-state index in [1.54, 1.807) is 12.4 Å². The number of terminal acetylenes is 1. The van der Waals surface area contributed by atoms with Gasteiger partial charge in [0.2, 0.25) is 0 Å². The molecule has 3 nitrogen and oxygen atoms in total. The number of rotatable bonds is 2. The molecule has 0 aliphatic heterocycles. The van der Waals surface area contributed by atoms with E-state index in [9.17, 15) is 0 Å². The SMILES string of the molecule is C#CCN(C)c1ccnc2cc(Br)cnc12. The number of nitrogens with zero attached hydrogens (tertiary/aromatic N) is 3. The Morgan fingerprint density at radius 3 is 3.06 bits per heavy atom. The minimum absolute atomic E-state index is 0.552. The Morgan fingerprint density at radius 1 is 1.50 bits per heavy atom. The van der Waals surface area contributed by atoms with Crippen LogP contribution < -0.4 is 4.90 Å². The molecule has 0 saturated heterocycles. The Kier molecular flexibility index (Phi) is 3.07. The van der Waals surface area contributed by atoms with Crippen LogP contribution in [-0.2, 0) is 0 Å². The van der Waals surface area contributed by atoms with E-state index in [1.807, 2.05) is 24.1 Å². The zero-order valence-electron chi connectivity index (χ0n) is 8.81. The van der Waals surface area contributed by atoms with Crippen molar-refractivity contribution in [1.29, 1.82) is 0 Å². The normalized spacial score (nSPS) is 10.1. The molecule has 0 fully saturated rings. The molecule has 2 aromatic rings. The summed E-state index contributed by atoms with van der Waals surface area (Å²) in [5.41, 5.74) is 2.72. The van der Waals surface area contributed by atoms with Crippen molar-refractivity contribution < 1.29 is 0 Å².